The van der Waals surface area contributed by atoms with Crippen LogP contribution in [-0.2, 0) is 9.53 Å². The molecule has 1 atom stereocenters. The van der Waals surface area contributed by atoms with Gasteiger partial charge in [0, 0.05) is 6.42 Å². The maximum absolute atomic E-state index is 11.3. The van der Waals surface area contributed by atoms with E-state index in [-0.39, 0.29) is 24.1 Å². The topological polar surface area (TPSA) is 46.5 Å². The van der Waals surface area contributed by atoms with Gasteiger partial charge in [-0.15, -0.1) is 5.92 Å². The largest absolute Gasteiger partial charge is 0.508 e. The van der Waals surface area contributed by atoms with Gasteiger partial charge < -0.3 is 9.84 Å². The highest BCUT2D eigenvalue weighted by molar-refractivity contribution is 5.71. The molecule has 0 heterocycles. The van der Waals surface area contributed by atoms with Crippen LogP contribution in [0.3, 0.4) is 0 Å². The first kappa shape index (κ1) is 13.1. The molecule has 1 rings (SSSR count). The lowest BCUT2D eigenvalue weighted by atomic mass is 9.96. The second kappa shape index (κ2) is 6.59. The van der Waals surface area contributed by atoms with Crippen LogP contribution in [0, 0.1) is 11.8 Å². The van der Waals surface area contributed by atoms with Crippen molar-refractivity contribution in [3.8, 4) is 17.6 Å². The van der Waals surface area contributed by atoms with Gasteiger partial charge in [0.25, 0.3) is 0 Å². The summed E-state index contributed by atoms with van der Waals surface area (Å²) in [5.41, 5.74) is 0.911. The van der Waals surface area contributed by atoms with Crippen molar-refractivity contribution in [2.75, 3.05) is 7.11 Å². The number of benzene rings is 1. The first-order valence-electron chi connectivity index (χ1n) is 5.51. The van der Waals surface area contributed by atoms with E-state index in [1.54, 1.807) is 24.3 Å². The number of methoxy groups -OCH3 is 1. The molecule has 0 aliphatic carbocycles. The second-order valence-electron chi connectivity index (χ2n) is 3.60. The van der Waals surface area contributed by atoms with Gasteiger partial charge in [0.1, 0.15) is 5.75 Å². The number of phenols is 1. The van der Waals surface area contributed by atoms with Gasteiger partial charge in [-0.25, -0.2) is 0 Å². The number of hydrogen-bond donors (Lipinski definition) is 1. The van der Waals surface area contributed by atoms with Crippen molar-refractivity contribution >= 4 is 5.97 Å². The summed E-state index contributed by atoms with van der Waals surface area (Å²) in [6.07, 6.45) is 0.976. The predicted molar refractivity (Wildman–Crippen MR) is 65.5 cm³/mol. The Kier molecular flexibility index (Phi) is 5.09. The fraction of sp³-hybridized carbons (Fsp3) is 0.357. The molecule has 90 valence electrons. The summed E-state index contributed by atoms with van der Waals surface area (Å²) in [4.78, 5) is 11.3. The molecule has 0 radical (unpaired) electrons. The van der Waals surface area contributed by atoms with Crippen LogP contribution in [0.25, 0.3) is 0 Å². The van der Waals surface area contributed by atoms with Crippen LogP contribution in [-0.4, -0.2) is 18.2 Å². The Labute approximate surface area is 101 Å². The van der Waals surface area contributed by atoms with Gasteiger partial charge in [0.2, 0.25) is 0 Å². The van der Waals surface area contributed by atoms with Gasteiger partial charge in [0.05, 0.1) is 19.4 Å². The van der Waals surface area contributed by atoms with E-state index >= 15 is 0 Å². The Morgan fingerprint density at radius 3 is 2.59 bits per heavy atom. The number of ether oxygens (including phenoxy) is 1. The summed E-state index contributed by atoms with van der Waals surface area (Å²) in [7, 11) is 1.36. The Balaban J connectivity index is 2.89. The molecule has 0 spiro atoms. The quantitative estimate of drug-likeness (QED) is 0.643. The van der Waals surface area contributed by atoms with Crippen LogP contribution in [0.1, 0.15) is 31.2 Å². The highest BCUT2D eigenvalue weighted by atomic mass is 16.5. The molecule has 3 nitrogen and oxygen atoms in total. The van der Waals surface area contributed by atoms with Crippen LogP contribution >= 0.6 is 0 Å². The van der Waals surface area contributed by atoms with Crippen LogP contribution in [0.5, 0.6) is 5.75 Å². The number of carbonyl (C=O) groups is 1. The van der Waals surface area contributed by atoms with E-state index < -0.39 is 0 Å². The first-order chi connectivity index (χ1) is 8.17. The van der Waals surface area contributed by atoms with Gasteiger partial charge in [0.15, 0.2) is 0 Å². The molecule has 0 bridgehead atoms. The second-order valence-corrected chi connectivity index (χ2v) is 3.60. The molecular formula is C14H16O3. The zero-order valence-electron chi connectivity index (χ0n) is 10.1. The van der Waals surface area contributed by atoms with Crippen LogP contribution < -0.4 is 0 Å². The predicted octanol–water partition coefficient (Wildman–Crippen LogP) is 2.45. The van der Waals surface area contributed by atoms with Gasteiger partial charge in [-0.3, -0.25) is 4.79 Å². The van der Waals surface area contributed by atoms with E-state index in [1.165, 1.54) is 7.11 Å². The number of aromatic hydroxyl groups is 1. The zero-order valence-corrected chi connectivity index (χ0v) is 10.1. The van der Waals surface area contributed by atoms with E-state index in [1.807, 2.05) is 6.92 Å². The number of phenolic OH excluding ortho intramolecular Hbond substituents is 1. The van der Waals surface area contributed by atoms with E-state index in [9.17, 15) is 9.90 Å². The average Bonchev–Trinajstić information content (AvgIpc) is 2.35. The lowest BCUT2D eigenvalue weighted by molar-refractivity contribution is -0.140. The van der Waals surface area contributed by atoms with Crippen molar-refractivity contribution in [1.82, 2.24) is 0 Å². The molecule has 0 saturated heterocycles. The maximum atomic E-state index is 11.3. The summed E-state index contributed by atoms with van der Waals surface area (Å²) in [6.45, 7) is 1.96. The van der Waals surface area contributed by atoms with Gasteiger partial charge in [-0.05, 0) is 17.7 Å². The van der Waals surface area contributed by atoms with Crippen LogP contribution in [0.15, 0.2) is 24.3 Å². The third-order valence-electron chi connectivity index (χ3n) is 2.35. The molecule has 0 saturated carbocycles. The normalized spacial score (nSPS) is 11.2. The molecule has 0 fully saturated rings. The van der Waals surface area contributed by atoms with Crippen LogP contribution in [0.2, 0.25) is 0 Å². The molecule has 0 aliphatic heterocycles. The molecule has 1 aromatic carbocycles. The zero-order chi connectivity index (χ0) is 12.7. The van der Waals surface area contributed by atoms with E-state index in [0.29, 0.717) is 0 Å². The third-order valence-corrected chi connectivity index (χ3v) is 2.35. The molecule has 1 aromatic rings. The summed E-state index contributed by atoms with van der Waals surface area (Å²) >= 11 is 0. The van der Waals surface area contributed by atoms with Crippen molar-refractivity contribution in [2.24, 2.45) is 0 Å². The molecule has 0 aliphatic rings. The lowest BCUT2D eigenvalue weighted by Crippen LogP contribution is -2.07. The molecule has 17 heavy (non-hydrogen) atoms. The monoisotopic (exact) mass is 232 g/mol. The van der Waals surface area contributed by atoms with Crippen molar-refractivity contribution in [2.45, 2.75) is 25.7 Å². The summed E-state index contributed by atoms with van der Waals surface area (Å²) < 4.78 is 4.65. The average molecular weight is 232 g/mol. The van der Waals surface area contributed by atoms with Crippen LogP contribution in [0.4, 0.5) is 0 Å². The van der Waals surface area contributed by atoms with Gasteiger partial charge >= 0.3 is 5.97 Å². The Morgan fingerprint density at radius 2 is 2.06 bits per heavy atom. The smallest absolute Gasteiger partial charge is 0.307 e. The SMILES string of the molecule is CCC#CC(CC(=O)OC)c1ccc(O)cc1. The van der Waals surface area contributed by atoms with Crippen molar-refractivity contribution in [3.05, 3.63) is 29.8 Å². The lowest BCUT2D eigenvalue weighted by Gasteiger charge is -2.09. The van der Waals surface area contributed by atoms with Crippen molar-refractivity contribution in [1.29, 1.82) is 0 Å². The molecule has 3 heteroatoms. The van der Waals surface area contributed by atoms with Crippen molar-refractivity contribution in [3.63, 3.8) is 0 Å². The Bertz CT molecular complexity index is 423. The maximum Gasteiger partial charge on any atom is 0.307 e. The first-order valence-corrected chi connectivity index (χ1v) is 5.51. The molecule has 0 aromatic heterocycles. The minimum atomic E-state index is -0.284. The molecule has 0 amide bonds. The number of hydrogen-bond acceptors (Lipinski definition) is 3. The summed E-state index contributed by atoms with van der Waals surface area (Å²) in [6, 6.07) is 6.72. The molecular weight excluding hydrogens is 216 g/mol. The Hall–Kier alpha value is -1.95. The minimum Gasteiger partial charge on any atom is -0.508 e. The highest BCUT2D eigenvalue weighted by Gasteiger charge is 2.14. The van der Waals surface area contributed by atoms with Gasteiger partial charge in [-0.1, -0.05) is 25.0 Å². The van der Waals surface area contributed by atoms with E-state index in [0.717, 1.165) is 12.0 Å². The third kappa shape index (κ3) is 4.20. The fourth-order valence-corrected chi connectivity index (χ4v) is 1.43. The summed E-state index contributed by atoms with van der Waals surface area (Å²) in [5.74, 6) is 5.75. The number of rotatable bonds is 3. The fourth-order valence-electron chi connectivity index (χ4n) is 1.43. The Morgan fingerprint density at radius 1 is 1.41 bits per heavy atom. The van der Waals surface area contributed by atoms with E-state index in [2.05, 4.69) is 16.6 Å². The summed E-state index contributed by atoms with van der Waals surface area (Å²) in [5, 5.41) is 9.21. The standard InChI is InChI=1S/C14H16O3/c1-3-4-5-12(10-14(16)17-2)11-6-8-13(15)9-7-11/h6-9,12,15H,3,10H2,1-2H3. The minimum absolute atomic E-state index is 0.178. The number of esters is 1. The highest BCUT2D eigenvalue weighted by Crippen LogP contribution is 2.21. The van der Waals surface area contributed by atoms with Crippen molar-refractivity contribution < 1.29 is 14.6 Å². The van der Waals surface area contributed by atoms with E-state index in [4.69, 9.17) is 0 Å². The van der Waals surface area contributed by atoms with Gasteiger partial charge in [-0.2, -0.15) is 0 Å². The molecule has 1 N–H and O–H groups in total. The number of carbonyl (C=O) groups excluding carboxylic acids is 1. The molecule has 1 unspecified atom stereocenters.